The lowest BCUT2D eigenvalue weighted by atomic mass is 10.1. The molecule has 2 heterocycles. The van der Waals surface area contributed by atoms with Gasteiger partial charge in [0, 0.05) is 40.3 Å². The molecule has 3 rings (SSSR count). The summed E-state index contributed by atoms with van der Waals surface area (Å²) in [7, 11) is 0. The van der Waals surface area contributed by atoms with Gasteiger partial charge in [0.2, 0.25) is 5.95 Å². The molecule has 0 aliphatic carbocycles. The van der Waals surface area contributed by atoms with Gasteiger partial charge in [-0.15, -0.1) is 0 Å². The molecular formula is C20H22ClN5. The first-order chi connectivity index (χ1) is 12.3. The number of hydrogen-bond donors (Lipinski definition) is 2. The first-order valence-electron chi connectivity index (χ1n) is 8.41. The van der Waals surface area contributed by atoms with Crippen LogP contribution in [0.3, 0.4) is 0 Å². The van der Waals surface area contributed by atoms with Crippen LogP contribution in [0.25, 0.3) is 11.3 Å². The van der Waals surface area contributed by atoms with Crippen molar-refractivity contribution in [3.8, 4) is 11.3 Å². The molecule has 26 heavy (non-hydrogen) atoms. The van der Waals surface area contributed by atoms with Crippen molar-refractivity contribution in [1.82, 2.24) is 15.0 Å². The third kappa shape index (κ3) is 4.70. The Hall–Kier alpha value is -2.66. The maximum atomic E-state index is 6.12. The van der Waals surface area contributed by atoms with Gasteiger partial charge >= 0.3 is 0 Å². The lowest BCUT2D eigenvalue weighted by Gasteiger charge is -2.21. The fraction of sp³-hybridized carbons (Fsp3) is 0.250. The summed E-state index contributed by atoms with van der Waals surface area (Å²) in [6.07, 6.45) is 3.54. The third-order valence-corrected chi connectivity index (χ3v) is 4.02. The van der Waals surface area contributed by atoms with Crippen LogP contribution in [0, 0.1) is 6.92 Å². The first-order valence-corrected chi connectivity index (χ1v) is 8.79. The van der Waals surface area contributed by atoms with Crippen LogP contribution in [0.15, 0.2) is 48.8 Å². The van der Waals surface area contributed by atoms with E-state index in [9.17, 15) is 0 Å². The van der Waals surface area contributed by atoms with Crippen molar-refractivity contribution in [1.29, 1.82) is 0 Å². The highest BCUT2D eigenvalue weighted by atomic mass is 35.5. The lowest BCUT2D eigenvalue weighted by molar-refractivity contribution is 0.626. The molecule has 6 heteroatoms. The van der Waals surface area contributed by atoms with Crippen LogP contribution < -0.4 is 10.6 Å². The molecule has 0 spiro atoms. The van der Waals surface area contributed by atoms with E-state index in [1.807, 2.05) is 43.3 Å². The number of halogens is 1. The molecule has 0 fully saturated rings. The second-order valence-electron chi connectivity index (χ2n) is 7.17. The summed E-state index contributed by atoms with van der Waals surface area (Å²) in [6, 6.07) is 11.6. The monoisotopic (exact) mass is 367 g/mol. The van der Waals surface area contributed by atoms with Gasteiger partial charge < -0.3 is 10.6 Å². The summed E-state index contributed by atoms with van der Waals surface area (Å²) in [6.45, 7) is 8.19. The summed E-state index contributed by atoms with van der Waals surface area (Å²) in [5.74, 6) is 1.26. The SMILES string of the molecule is Cc1cc(Nc2cc(-c3cccnc3)nc(NC(C)(C)C)n2)ccc1Cl. The van der Waals surface area contributed by atoms with E-state index in [0.29, 0.717) is 11.8 Å². The minimum Gasteiger partial charge on any atom is -0.350 e. The van der Waals surface area contributed by atoms with Gasteiger partial charge in [-0.3, -0.25) is 4.98 Å². The van der Waals surface area contributed by atoms with Gasteiger partial charge in [0.05, 0.1) is 5.69 Å². The Kier molecular flexibility index (Phi) is 5.09. The van der Waals surface area contributed by atoms with Crippen molar-refractivity contribution in [2.24, 2.45) is 0 Å². The molecule has 3 aromatic rings. The Labute approximate surface area is 158 Å². The average Bonchev–Trinajstić information content (AvgIpc) is 2.57. The predicted molar refractivity (Wildman–Crippen MR) is 108 cm³/mol. The Morgan fingerprint density at radius 2 is 1.85 bits per heavy atom. The van der Waals surface area contributed by atoms with Gasteiger partial charge in [-0.2, -0.15) is 4.98 Å². The van der Waals surface area contributed by atoms with Crippen molar-refractivity contribution in [2.75, 3.05) is 10.6 Å². The quantitative estimate of drug-likeness (QED) is 0.641. The first kappa shape index (κ1) is 18.1. The van der Waals surface area contributed by atoms with E-state index in [-0.39, 0.29) is 5.54 Å². The number of aromatic nitrogens is 3. The molecule has 0 unspecified atom stereocenters. The molecule has 0 saturated heterocycles. The number of anilines is 3. The van der Waals surface area contributed by atoms with E-state index >= 15 is 0 Å². The molecule has 1 aromatic carbocycles. The molecule has 0 radical (unpaired) electrons. The van der Waals surface area contributed by atoms with Crippen LogP contribution in [-0.2, 0) is 0 Å². The van der Waals surface area contributed by atoms with Crippen LogP contribution in [0.2, 0.25) is 5.02 Å². The van der Waals surface area contributed by atoms with Crippen LogP contribution >= 0.6 is 11.6 Å². The summed E-state index contributed by atoms with van der Waals surface area (Å²) < 4.78 is 0. The number of rotatable bonds is 4. The van der Waals surface area contributed by atoms with Crippen molar-refractivity contribution in [3.63, 3.8) is 0 Å². The Morgan fingerprint density at radius 3 is 2.50 bits per heavy atom. The van der Waals surface area contributed by atoms with Gasteiger partial charge in [0.15, 0.2) is 0 Å². The largest absolute Gasteiger partial charge is 0.350 e. The van der Waals surface area contributed by atoms with E-state index in [2.05, 4.69) is 46.4 Å². The van der Waals surface area contributed by atoms with E-state index in [1.54, 1.807) is 12.4 Å². The molecule has 134 valence electrons. The highest BCUT2D eigenvalue weighted by Gasteiger charge is 2.14. The smallest absolute Gasteiger partial charge is 0.225 e. The van der Waals surface area contributed by atoms with Crippen LogP contribution in [0.1, 0.15) is 26.3 Å². The summed E-state index contributed by atoms with van der Waals surface area (Å²) in [5, 5.41) is 7.41. The van der Waals surface area contributed by atoms with Crippen molar-refractivity contribution in [2.45, 2.75) is 33.2 Å². The Morgan fingerprint density at radius 1 is 1.04 bits per heavy atom. The van der Waals surface area contributed by atoms with Crippen molar-refractivity contribution >= 4 is 29.1 Å². The molecule has 2 N–H and O–H groups in total. The normalized spacial score (nSPS) is 11.3. The lowest BCUT2D eigenvalue weighted by Crippen LogP contribution is -2.27. The molecule has 0 atom stereocenters. The minimum atomic E-state index is -0.151. The van der Waals surface area contributed by atoms with Gasteiger partial charge in [-0.1, -0.05) is 11.6 Å². The molecule has 0 bridgehead atoms. The van der Waals surface area contributed by atoms with Crippen LogP contribution in [-0.4, -0.2) is 20.5 Å². The Balaban J connectivity index is 2.00. The zero-order valence-electron chi connectivity index (χ0n) is 15.3. The van der Waals surface area contributed by atoms with E-state index < -0.39 is 0 Å². The second kappa shape index (κ2) is 7.30. The van der Waals surface area contributed by atoms with E-state index in [0.717, 1.165) is 27.5 Å². The number of benzene rings is 1. The minimum absolute atomic E-state index is 0.151. The highest BCUT2D eigenvalue weighted by Crippen LogP contribution is 2.26. The van der Waals surface area contributed by atoms with Crippen molar-refractivity contribution in [3.05, 3.63) is 59.4 Å². The number of aryl methyl sites for hydroxylation is 1. The summed E-state index contributed by atoms with van der Waals surface area (Å²) in [5.41, 5.74) is 3.51. The van der Waals surface area contributed by atoms with Gasteiger partial charge in [0.25, 0.3) is 0 Å². The highest BCUT2D eigenvalue weighted by molar-refractivity contribution is 6.31. The maximum Gasteiger partial charge on any atom is 0.225 e. The number of nitrogens with one attached hydrogen (secondary N) is 2. The topological polar surface area (TPSA) is 62.7 Å². The summed E-state index contributed by atoms with van der Waals surface area (Å²) in [4.78, 5) is 13.4. The van der Waals surface area contributed by atoms with E-state index in [1.165, 1.54) is 0 Å². The van der Waals surface area contributed by atoms with Crippen molar-refractivity contribution < 1.29 is 0 Å². The number of hydrogen-bond acceptors (Lipinski definition) is 5. The molecule has 0 aliphatic rings. The fourth-order valence-corrected chi connectivity index (χ4v) is 2.55. The molecule has 2 aromatic heterocycles. The predicted octanol–water partition coefficient (Wildman–Crippen LogP) is 5.45. The average molecular weight is 368 g/mol. The van der Waals surface area contributed by atoms with Gasteiger partial charge in [-0.25, -0.2) is 4.98 Å². The number of nitrogens with zero attached hydrogens (tertiary/aromatic N) is 3. The summed E-state index contributed by atoms with van der Waals surface area (Å²) >= 11 is 6.12. The van der Waals surface area contributed by atoms with Gasteiger partial charge in [0.1, 0.15) is 5.82 Å². The molecule has 0 saturated carbocycles. The molecular weight excluding hydrogens is 346 g/mol. The van der Waals surface area contributed by atoms with Crippen LogP contribution in [0.4, 0.5) is 17.5 Å². The zero-order chi connectivity index (χ0) is 18.7. The third-order valence-electron chi connectivity index (χ3n) is 3.60. The van der Waals surface area contributed by atoms with E-state index in [4.69, 9.17) is 11.6 Å². The Bertz CT molecular complexity index is 904. The molecule has 5 nitrogen and oxygen atoms in total. The zero-order valence-corrected chi connectivity index (χ0v) is 16.1. The standard InChI is InChI=1S/C20H22ClN5/c1-13-10-15(7-8-16(13)21)23-18-11-17(14-6-5-9-22-12-14)24-19(25-18)26-20(2,3)4/h5-12H,1-4H3,(H2,23,24,25,26). The maximum absolute atomic E-state index is 6.12. The number of pyridine rings is 1. The second-order valence-corrected chi connectivity index (χ2v) is 7.57. The van der Waals surface area contributed by atoms with Gasteiger partial charge in [-0.05, 0) is 63.6 Å². The molecule has 0 amide bonds. The fourth-order valence-electron chi connectivity index (χ4n) is 2.44. The van der Waals surface area contributed by atoms with Crippen LogP contribution in [0.5, 0.6) is 0 Å². The molecule has 0 aliphatic heterocycles.